The number of carboxylic acid groups (broad SMARTS) is 1. The highest BCUT2D eigenvalue weighted by Crippen LogP contribution is 2.20. The summed E-state index contributed by atoms with van der Waals surface area (Å²) >= 11 is 11.9. The Morgan fingerprint density at radius 1 is 1.39 bits per heavy atom. The molecule has 94 valence electrons. The van der Waals surface area contributed by atoms with Gasteiger partial charge in [-0.3, -0.25) is 4.68 Å². The van der Waals surface area contributed by atoms with E-state index in [1.54, 1.807) is 16.9 Å². The number of aryl methyl sites for hydroxylation is 1. The molecule has 0 aliphatic carbocycles. The molecule has 2 rings (SSSR count). The van der Waals surface area contributed by atoms with Gasteiger partial charge >= 0.3 is 5.97 Å². The zero-order valence-electron chi connectivity index (χ0n) is 9.52. The molecule has 0 aliphatic heterocycles. The van der Waals surface area contributed by atoms with Crippen LogP contribution in [0.2, 0.25) is 10.0 Å². The van der Waals surface area contributed by atoms with E-state index >= 15 is 0 Å². The second kappa shape index (κ2) is 5.00. The first-order valence-corrected chi connectivity index (χ1v) is 5.94. The molecule has 2 aromatic rings. The molecule has 0 fully saturated rings. The highest BCUT2D eigenvalue weighted by atomic mass is 35.5. The van der Waals surface area contributed by atoms with E-state index < -0.39 is 5.97 Å². The van der Waals surface area contributed by atoms with E-state index in [1.165, 1.54) is 12.1 Å². The predicted octanol–water partition coefficient (Wildman–Crippen LogP) is 3.24. The quantitative estimate of drug-likeness (QED) is 0.941. The lowest BCUT2D eigenvalue weighted by Gasteiger charge is -2.05. The van der Waals surface area contributed by atoms with E-state index in [0.717, 1.165) is 11.3 Å². The third-order valence-corrected chi connectivity index (χ3v) is 3.24. The van der Waals surface area contributed by atoms with Crippen LogP contribution in [-0.4, -0.2) is 20.9 Å². The topological polar surface area (TPSA) is 55.1 Å². The highest BCUT2D eigenvalue weighted by Gasteiger charge is 2.09. The fourth-order valence-corrected chi connectivity index (χ4v) is 1.95. The molecule has 0 saturated heterocycles. The van der Waals surface area contributed by atoms with E-state index in [9.17, 15) is 4.79 Å². The summed E-state index contributed by atoms with van der Waals surface area (Å²) in [7, 11) is 0. The Hall–Kier alpha value is -1.52. The van der Waals surface area contributed by atoms with Crippen molar-refractivity contribution in [2.75, 3.05) is 0 Å². The average molecular weight is 285 g/mol. The molecule has 0 saturated carbocycles. The maximum absolute atomic E-state index is 10.8. The molecule has 1 heterocycles. The largest absolute Gasteiger partial charge is 0.478 e. The standard InChI is InChI=1S/C12H10Cl2N2O2/c1-7-11(14)6-16(15-7)5-9-3-2-8(12(17)18)4-10(9)13/h2-4,6H,5H2,1H3,(H,17,18). The maximum atomic E-state index is 10.8. The van der Waals surface area contributed by atoms with Crippen LogP contribution in [0, 0.1) is 6.92 Å². The minimum absolute atomic E-state index is 0.165. The normalized spacial score (nSPS) is 10.6. The van der Waals surface area contributed by atoms with Crippen molar-refractivity contribution in [3.63, 3.8) is 0 Å². The van der Waals surface area contributed by atoms with Crippen LogP contribution < -0.4 is 0 Å². The fraction of sp³-hybridized carbons (Fsp3) is 0.167. The molecule has 0 unspecified atom stereocenters. The number of hydrogen-bond donors (Lipinski definition) is 1. The predicted molar refractivity (Wildman–Crippen MR) is 69.5 cm³/mol. The molecule has 1 aromatic heterocycles. The molecular formula is C12H10Cl2N2O2. The SMILES string of the molecule is Cc1nn(Cc2ccc(C(=O)O)cc2Cl)cc1Cl. The van der Waals surface area contributed by atoms with Gasteiger partial charge in [-0.15, -0.1) is 0 Å². The number of nitrogens with zero attached hydrogens (tertiary/aromatic N) is 2. The molecule has 0 bridgehead atoms. The van der Waals surface area contributed by atoms with E-state index in [-0.39, 0.29) is 5.56 Å². The molecule has 0 atom stereocenters. The summed E-state index contributed by atoms with van der Waals surface area (Å²) in [5, 5.41) is 14.0. The van der Waals surface area contributed by atoms with Crippen LogP contribution in [0.1, 0.15) is 21.6 Å². The number of halogens is 2. The van der Waals surface area contributed by atoms with Gasteiger partial charge < -0.3 is 5.11 Å². The zero-order chi connectivity index (χ0) is 13.3. The Morgan fingerprint density at radius 2 is 2.11 bits per heavy atom. The number of carbonyl (C=O) groups is 1. The van der Waals surface area contributed by atoms with E-state index in [1.807, 2.05) is 6.92 Å². The second-order valence-corrected chi connectivity index (χ2v) is 4.69. The van der Waals surface area contributed by atoms with E-state index in [2.05, 4.69) is 5.10 Å². The van der Waals surface area contributed by atoms with Gasteiger partial charge in [0.25, 0.3) is 0 Å². The Labute approximate surface area is 114 Å². The second-order valence-electron chi connectivity index (χ2n) is 3.87. The van der Waals surface area contributed by atoms with Crippen molar-refractivity contribution in [2.24, 2.45) is 0 Å². The van der Waals surface area contributed by atoms with Crippen LogP contribution in [0.5, 0.6) is 0 Å². The van der Waals surface area contributed by atoms with Crippen molar-refractivity contribution in [1.82, 2.24) is 9.78 Å². The monoisotopic (exact) mass is 284 g/mol. The van der Waals surface area contributed by atoms with Gasteiger partial charge in [0.1, 0.15) is 0 Å². The van der Waals surface area contributed by atoms with Crippen LogP contribution in [0.3, 0.4) is 0 Å². The van der Waals surface area contributed by atoms with Gasteiger partial charge in [0.05, 0.1) is 22.8 Å². The number of hydrogen-bond acceptors (Lipinski definition) is 2. The molecule has 0 spiro atoms. The highest BCUT2D eigenvalue weighted by molar-refractivity contribution is 6.31. The van der Waals surface area contributed by atoms with Gasteiger partial charge in [0.15, 0.2) is 0 Å². The number of aromatic carboxylic acids is 1. The smallest absolute Gasteiger partial charge is 0.335 e. The maximum Gasteiger partial charge on any atom is 0.335 e. The number of carboxylic acids is 1. The summed E-state index contributed by atoms with van der Waals surface area (Å²) in [6.45, 7) is 2.26. The van der Waals surface area contributed by atoms with Crippen molar-refractivity contribution >= 4 is 29.2 Å². The van der Waals surface area contributed by atoms with Gasteiger partial charge in [-0.05, 0) is 24.6 Å². The minimum atomic E-state index is -0.999. The molecular weight excluding hydrogens is 275 g/mol. The Morgan fingerprint density at radius 3 is 2.61 bits per heavy atom. The van der Waals surface area contributed by atoms with E-state index in [0.29, 0.717) is 16.6 Å². The molecule has 18 heavy (non-hydrogen) atoms. The van der Waals surface area contributed by atoms with Crippen LogP contribution in [0.15, 0.2) is 24.4 Å². The summed E-state index contributed by atoms with van der Waals surface area (Å²) in [4.78, 5) is 10.8. The average Bonchev–Trinajstić information content (AvgIpc) is 2.61. The van der Waals surface area contributed by atoms with Crippen molar-refractivity contribution < 1.29 is 9.90 Å². The van der Waals surface area contributed by atoms with E-state index in [4.69, 9.17) is 28.3 Å². The third-order valence-electron chi connectivity index (χ3n) is 2.52. The van der Waals surface area contributed by atoms with Crippen molar-refractivity contribution in [3.05, 3.63) is 51.3 Å². The number of aromatic nitrogens is 2. The molecule has 0 amide bonds. The van der Waals surface area contributed by atoms with Crippen molar-refractivity contribution in [1.29, 1.82) is 0 Å². The number of benzene rings is 1. The number of rotatable bonds is 3. The van der Waals surface area contributed by atoms with Crippen LogP contribution >= 0.6 is 23.2 Å². The van der Waals surface area contributed by atoms with Gasteiger partial charge in [-0.25, -0.2) is 4.79 Å². The molecule has 4 nitrogen and oxygen atoms in total. The van der Waals surface area contributed by atoms with Gasteiger partial charge in [-0.1, -0.05) is 29.3 Å². The molecule has 1 aromatic carbocycles. The van der Waals surface area contributed by atoms with Crippen molar-refractivity contribution in [2.45, 2.75) is 13.5 Å². The van der Waals surface area contributed by atoms with Crippen LogP contribution in [-0.2, 0) is 6.54 Å². The third kappa shape index (κ3) is 2.66. The Kier molecular flexibility index (Phi) is 3.59. The van der Waals surface area contributed by atoms with Crippen LogP contribution in [0.25, 0.3) is 0 Å². The first-order valence-electron chi connectivity index (χ1n) is 5.18. The first kappa shape index (κ1) is 12.9. The Bertz CT molecular complexity index is 589. The lowest BCUT2D eigenvalue weighted by atomic mass is 10.1. The molecule has 0 aliphatic rings. The van der Waals surface area contributed by atoms with Gasteiger partial charge in [-0.2, -0.15) is 5.10 Å². The lowest BCUT2D eigenvalue weighted by molar-refractivity contribution is 0.0697. The lowest BCUT2D eigenvalue weighted by Crippen LogP contribution is -2.03. The van der Waals surface area contributed by atoms with Gasteiger partial charge in [0.2, 0.25) is 0 Å². The molecule has 1 N–H and O–H groups in total. The minimum Gasteiger partial charge on any atom is -0.478 e. The summed E-state index contributed by atoms with van der Waals surface area (Å²) in [5.41, 5.74) is 1.70. The molecule has 0 radical (unpaired) electrons. The van der Waals surface area contributed by atoms with Crippen LogP contribution in [0.4, 0.5) is 0 Å². The summed E-state index contributed by atoms with van der Waals surface area (Å²) < 4.78 is 1.67. The zero-order valence-corrected chi connectivity index (χ0v) is 11.0. The summed E-state index contributed by atoms with van der Waals surface area (Å²) in [6, 6.07) is 4.62. The van der Waals surface area contributed by atoms with Crippen molar-refractivity contribution in [3.8, 4) is 0 Å². The fourth-order valence-electron chi connectivity index (χ4n) is 1.56. The summed E-state index contributed by atoms with van der Waals surface area (Å²) in [6.07, 6.45) is 1.71. The Balaban J connectivity index is 2.27. The first-order chi connectivity index (χ1) is 8.47. The molecule has 6 heteroatoms. The summed E-state index contributed by atoms with van der Waals surface area (Å²) in [5.74, 6) is -0.999. The van der Waals surface area contributed by atoms with Gasteiger partial charge in [0, 0.05) is 11.2 Å².